The molecule has 1 N–H and O–H groups in total. The molecule has 0 aliphatic carbocycles. The van der Waals surface area contributed by atoms with E-state index in [2.05, 4.69) is 12.6 Å². The highest BCUT2D eigenvalue weighted by Crippen LogP contribution is 2.54. The Labute approximate surface area is 132 Å². The summed E-state index contributed by atoms with van der Waals surface area (Å²) < 4.78 is 128. The van der Waals surface area contributed by atoms with Crippen molar-refractivity contribution in [2.75, 3.05) is 5.32 Å². The summed E-state index contributed by atoms with van der Waals surface area (Å²) in [6, 6.07) is -0.863. The van der Waals surface area contributed by atoms with Gasteiger partial charge in [0, 0.05) is 10.5 Å². The molecule has 0 unspecified atom stereocenters. The third kappa shape index (κ3) is 3.39. The molecule has 136 valence electrons. The smallest absolute Gasteiger partial charge is 0.327 e. The van der Waals surface area contributed by atoms with Crippen LogP contribution in [-0.2, 0) is 16.6 Å². The molecule has 0 atom stereocenters. The minimum Gasteiger partial charge on any atom is -0.327 e. The molecule has 0 aliphatic rings. The van der Waals surface area contributed by atoms with E-state index in [0.29, 0.717) is 0 Å². The van der Waals surface area contributed by atoms with Crippen LogP contribution in [0.2, 0.25) is 0 Å². The van der Waals surface area contributed by atoms with E-state index >= 15 is 0 Å². The summed E-state index contributed by atoms with van der Waals surface area (Å²) in [6.07, 6.45) is -19.0. The van der Waals surface area contributed by atoms with E-state index in [1.165, 1.54) is 5.32 Å². The first kappa shape index (κ1) is 20.4. The Balaban J connectivity index is 3.84. The van der Waals surface area contributed by atoms with Crippen molar-refractivity contribution in [3.8, 4) is 0 Å². The van der Waals surface area contributed by atoms with E-state index in [1.54, 1.807) is 0 Å². The zero-order valence-corrected chi connectivity index (χ0v) is 11.8. The standard InChI is InChI=1S/C11H5F10NOS/c12-8(10(16,17)18,11(19,20)21)4-1-5(9(13,14)15)7(22-3-23)6(24)2-4/h1-3,24H,(H,22,23). The van der Waals surface area contributed by atoms with Crippen LogP contribution in [0.4, 0.5) is 49.6 Å². The van der Waals surface area contributed by atoms with Crippen molar-refractivity contribution in [1.82, 2.24) is 0 Å². The predicted molar refractivity (Wildman–Crippen MR) is 63.3 cm³/mol. The van der Waals surface area contributed by atoms with E-state index in [0.717, 1.165) is 0 Å². The molecule has 0 spiro atoms. The third-order valence-electron chi connectivity index (χ3n) is 2.81. The Kier molecular flexibility index (Phi) is 5.10. The lowest BCUT2D eigenvalue weighted by atomic mass is 9.92. The SMILES string of the molecule is O=CNc1c(S)cc(C(F)(C(F)(F)F)C(F)(F)F)cc1C(F)(F)F. The van der Waals surface area contributed by atoms with Gasteiger partial charge in [-0.15, -0.1) is 12.6 Å². The zero-order chi connectivity index (χ0) is 19.1. The van der Waals surface area contributed by atoms with Crippen molar-refractivity contribution in [1.29, 1.82) is 0 Å². The van der Waals surface area contributed by atoms with Gasteiger partial charge in [-0.05, 0) is 12.1 Å². The maximum Gasteiger partial charge on any atom is 0.435 e. The number of rotatable bonds is 3. The van der Waals surface area contributed by atoms with Crippen LogP contribution < -0.4 is 5.32 Å². The molecular weight excluding hydrogens is 384 g/mol. The van der Waals surface area contributed by atoms with E-state index in [9.17, 15) is 48.7 Å². The number of anilines is 1. The van der Waals surface area contributed by atoms with Crippen LogP contribution in [0.1, 0.15) is 11.1 Å². The summed E-state index contributed by atoms with van der Waals surface area (Å²) >= 11 is 3.30. The summed E-state index contributed by atoms with van der Waals surface area (Å²) in [5.41, 5.74) is -11.8. The number of nitrogens with one attached hydrogen (secondary N) is 1. The molecule has 0 fully saturated rings. The van der Waals surface area contributed by atoms with Gasteiger partial charge in [-0.3, -0.25) is 4.79 Å². The first-order valence-corrected chi connectivity index (χ1v) is 5.99. The second-order valence-electron chi connectivity index (χ2n) is 4.33. The summed E-state index contributed by atoms with van der Waals surface area (Å²) in [7, 11) is 0. The van der Waals surface area contributed by atoms with Gasteiger partial charge in [0.1, 0.15) is 0 Å². The van der Waals surface area contributed by atoms with Gasteiger partial charge in [-0.1, -0.05) is 0 Å². The molecule has 1 aromatic rings. The fraction of sp³-hybridized carbons (Fsp3) is 0.364. The molecule has 0 aliphatic heterocycles. The van der Waals surface area contributed by atoms with Crippen LogP contribution in [0.25, 0.3) is 0 Å². The largest absolute Gasteiger partial charge is 0.435 e. The Hall–Kier alpha value is -1.66. The highest BCUT2D eigenvalue weighted by atomic mass is 32.1. The van der Waals surface area contributed by atoms with Gasteiger partial charge in [0.05, 0.1) is 11.3 Å². The van der Waals surface area contributed by atoms with Crippen LogP contribution in [0, 0.1) is 0 Å². The lowest BCUT2D eigenvalue weighted by Gasteiger charge is -2.31. The quantitative estimate of drug-likeness (QED) is 0.432. The van der Waals surface area contributed by atoms with Gasteiger partial charge in [-0.2, -0.15) is 39.5 Å². The monoisotopic (exact) mass is 389 g/mol. The molecule has 24 heavy (non-hydrogen) atoms. The normalized spacial score (nSPS) is 13.8. The summed E-state index contributed by atoms with van der Waals surface area (Å²) in [5, 5.41) is 1.45. The second-order valence-corrected chi connectivity index (χ2v) is 4.81. The Morgan fingerprint density at radius 1 is 0.875 bits per heavy atom. The molecule has 0 saturated carbocycles. The van der Waals surface area contributed by atoms with Gasteiger partial charge >= 0.3 is 24.2 Å². The number of carbonyl (C=O) groups is 1. The van der Waals surface area contributed by atoms with Crippen molar-refractivity contribution in [2.45, 2.75) is 29.1 Å². The average Bonchev–Trinajstić information content (AvgIpc) is 2.36. The van der Waals surface area contributed by atoms with Crippen LogP contribution >= 0.6 is 12.6 Å². The first-order chi connectivity index (χ1) is 10.6. The maximum atomic E-state index is 13.9. The highest BCUT2D eigenvalue weighted by Gasteiger charge is 2.73. The van der Waals surface area contributed by atoms with Gasteiger partial charge in [0.2, 0.25) is 6.41 Å². The fourth-order valence-electron chi connectivity index (χ4n) is 1.75. The maximum absolute atomic E-state index is 13.9. The molecule has 1 amide bonds. The Bertz CT molecular complexity index is 619. The summed E-state index contributed by atoms with van der Waals surface area (Å²) in [6.45, 7) is 0. The minimum absolute atomic E-state index is 0.189. The van der Waals surface area contributed by atoms with Crippen molar-refractivity contribution in [2.24, 2.45) is 0 Å². The highest BCUT2D eigenvalue weighted by molar-refractivity contribution is 7.80. The molecule has 0 aromatic heterocycles. The molecule has 0 saturated heterocycles. The third-order valence-corrected chi connectivity index (χ3v) is 3.16. The predicted octanol–water partition coefficient (Wildman–Crippen LogP) is 4.85. The molecule has 0 bridgehead atoms. The Morgan fingerprint density at radius 2 is 1.33 bits per heavy atom. The van der Waals surface area contributed by atoms with Crippen molar-refractivity contribution >= 4 is 24.7 Å². The molecular formula is C11H5F10NOS. The molecule has 1 rings (SSSR count). The number of hydrogen-bond donors (Lipinski definition) is 2. The zero-order valence-electron chi connectivity index (χ0n) is 10.9. The number of halogens is 10. The fourth-order valence-corrected chi connectivity index (χ4v) is 2.07. The molecule has 0 radical (unpaired) electrons. The number of thiol groups is 1. The van der Waals surface area contributed by atoms with Crippen LogP contribution in [0.5, 0.6) is 0 Å². The number of hydrogen-bond acceptors (Lipinski definition) is 2. The summed E-state index contributed by atoms with van der Waals surface area (Å²) in [5.74, 6) is 0. The molecule has 13 heteroatoms. The lowest BCUT2D eigenvalue weighted by molar-refractivity contribution is -0.348. The van der Waals surface area contributed by atoms with Crippen molar-refractivity contribution in [3.63, 3.8) is 0 Å². The lowest BCUT2D eigenvalue weighted by Crippen LogP contribution is -2.50. The van der Waals surface area contributed by atoms with E-state index in [4.69, 9.17) is 0 Å². The minimum atomic E-state index is -6.59. The number of amides is 1. The molecule has 2 nitrogen and oxygen atoms in total. The van der Waals surface area contributed by atoms with Gasteiger partial charge in [0.15, 0.2) is 0 Å². The van der Waals surface area contributed by atoms with E-state index in [-0.39, 0.29) is 12.5 Å². The van der Waals surface area contributed by atoms with Crippen LogP contribution in [0.15, 0.2) is 17.0 Å². The van der Waals surface area contributed by atoms with Crippen LogP contribution in [0.3, 0.4) is 0 Å². The van der Waals surface area contributed by atoms with Crippen molar-refractivity contribution < 1.29 is 48.7 Å². The average molecular weight is 389 g/mol. The van der Waals surface area contributed by atoms with Gasteiger partial charge in [-0.25, -0.2) is 4.39 Å². The summed E-state index contributed by atoms with van der Waals surface area (Å²) in [4.78, 5) is 9.12. The van der Waals surface area contributed by atoms with E-state index in [1.807, 2.05) is 0 Å². The van der Waals surface area contributed by atoms with E-state index < -0.39 is 52.0 Å². The molecule has 1 aromatic carbocycles. The number of carbonyl (C=O) groups excluding carboxylic acids is 1. The van der Waals surface area contributed by atoms with Gasteiger partial charge < -0.3 is 5.32 Å². The van der Waals surface area contributed by atoms with Crippen molar-refractivity contribution in [3.05, 3.63) is 23.3 Å². The Morgan fingerprint density at radius 3 is 1.67 bits per heavy atom. The van der Waals surface area contributed by atoms with Gasteiger partial charge in [0.25, 0.3) is 0 Å². The number of benzene rings is 1. The van der Waals surface area contributed by atoms with Crippen LogP contribution in [-0.4, -0.2) is 18.8 Å². The second kappa shape index (κ2) is 6.01. The number of alkyl halides is 10. The first-order valence-electron chi connectivity index (χ1n) is 5.54. The topological polar surface area (TPSA) is 29.1 Å². The molecule has 0 heterocycles.